The minimum absolute atomic E-state index is 0. The van der Waals surface area contributed by atoms with Crippen molar-refractivity contribution in [2.24, 2.45) is 15.8 Å². The molecule has 3 nitrogen and oxygen atoms in total. The smallest absolute Gasteiger partial charge is 0.229 e. The molecule has 1 aliphatic heterocycles. The average molecular weight is 555 g/mol. The summed E-state index contributed by atoms with van der Waals surface area (Å²) in [6.45, 7) is 33.7. The lowest BCUT2D eigenvalue weighted by Gasteiger charge is -2.20. The second-order valence-corrected chi connectivity index (χ2v) is 13.6. The zero-order valence-electron chi connectivity index (χ0n) is 27.6. The van der Waals surface area contributed by atoms with E-state index in [1.165, 1.54) is 28.1 Å². The van der Waals surface area contributed by atoms with Gasteiger partial charge in [-0.2, -0.15) is 0 Å². The number of nitrogens with zero attached hydrogens (tertiary/aromatic N) is 1. The normalized spacial score (nSPS) is 12.2. The molecule has 230 valence electrons. The van der Waals surface area contributed by atoms with Crippen LogP contribution < -0.4 is 5.32 Å². The number of fused-ring (bicyclic) bond motifs is 1. The fraction of sp³-hybridized carbons (Fsp3) is 0.622. The van der Waals surface area contributed by atoms with Crippen molar-refractivity contribution in [3.8, 4) is 0 Å². The Kier molecular flexibility index (Phi) is 17.6. The van der Waals surface area contributed by atoms with E-state index in [1.54, 1.807) is 0 Å². The molecule has 0 saturated carbocycles. The van der Waals surface area contributed by atoms with Gasteiger partial charge in [-0.05, 0) is 45.7 Å². The highest BCUT2D eigenvalue weighted by Gasteiger charge is 2.26. The summed E-state index contributed by atoms with van der Waals surface area (Å²) < 4.78 is 0. The van der Waals surface area contributed by atoms with E-state index in [2.05, 4.69) is 98.0 Å². The summed E-state index contributed by atoms with van der Waals surface area (Å²) in [5, 5.41) is 2.92. The van der Waals surface area contributed by atoms with E-state index < -0.39 is 0 Å². The van der Waals surface area contributed by atoms with E-state index in [1.807, 2.05) is 60.6 Å². The number of carbonyl (C=O) groups excluding carboxylic acids is 1. The fourth-order valence-corrected chi connectivity index (χ4v) is 3.45. The minimum Gasteiger partial charge on any atom is -0.326 e. The van der Waals surface area contributed by atoms with E-state index in [9.17, 15) is 4.79 Å². The lowest BCUT2D eigenvalue weighted by Crippen LogP contribution is -2.27. The van der Waals surface area contributed by atoms with Crippen LogP contribution in [0.1, 0.15) is 142 Å². The largest absolute Gasteiger partial charge is 0.326 e. The summed E-state index contributed by atoms with van der Waals surface area (Å²) in [4.78, 5) is 16.6. The van der Waals surface area contributed by atoms with Crippen LogP contribution in [0.5, 0.6) is 0 Å². The van der Waals surface area contributed by atoms with Gasteiger partial charge in [-0.25, -0.2) is 0 Å². The maximum Gasteiger partial charge on any atom is 0.229 e. The van der Waals surface area contributed by atoms with Crippen molar-refractivity contribution < 1.29 is 4.79 Å². The van der Waals surface area contributed by atoms with Crippen molar-refractivity contribution in [1.29, 1.82) is 0 Å². The van der Waals surface area contributed by atoms with Crippen LogP contribution in [-0.4, -0.2) is 11.6 Å². The summed E-state index contributed by atoms with van der Waals surface area (Å²) in [5.74, 6) is 0.0426. The maximum atomic E-state index is 11.8. The van der Waals surface area contributed by atoms with Gasteiger partial charge in [0.2, 0.25) is 5.91 Å². The average Bonchev–Trinajstić information content (AvgIpc) is 3.25. The first-order valence-corrected chi connectivity index (χ1v) is 14.4. The van der Waals surface area contributed by atoms with Crippen LogP contribution in [0.2, 0.25) is 0 Å². The molecule has 1 N–H and O–H groups in total. The molecule has 2 aromatic rings. The number of amides is 1. The van der Waals surface area contributed by atoms with Crippen LogP contribution in [0, 0.1) is 10.8 Å². The molecular weight excluding hydrogens is 488 g/mol. The van der Waals surface area contributed by atoms with Gasteiger partial charge in [0, 0.05) is 28.6 Å². The zero-order chi connectivity index (χ0) is 30.1. The number of benzene rings is 2. The highest BCUT2D eigenvalue weighted by molar-refractivity contribution is 5.97. The Hall–Kier alpha value is -2.42. The van der Waals surface area contributed by atoms with Gasteiger partial charge in [0.15, 0.2) is 0 Å². The molecule has 0 aliphatic carbocycles. The van der Waals surface area contributed by atoms with Crippen LogP contribution in [0.4, 0.5) is 11.4 Å². The highest BCUT2D eigenvalue weighted by Crippen LogP contribution is 2.36. The number of rotatable bonds is 1. The van der Waals surface area contributed by atoms with E-state index in [-0.39, 0.29) is 42.4 Å². The van der Waals surface area contributed by atoms with Crippen LogP contribution in [-0.2, 0) is 22.0 Å². The first-order valence-electron chi connectivity index (χ1n) is 14.4. The number of hydrogen-bond donors (Lipinski definition) is 1. The molecule has 0 atom stereocenters. The fourth-order valence-electron chi connectivity index (χ4n) is 3.45. The summed E-state index contributed by atoms with van der Waals surface area (Å²) in [7, 11) is 0. The number of hydrogen-bond acceptors (Lipinski definition) is 2. The number of carbonyl (C=O) groups is 1. The maximum absolute atomic E-state index is 11.8. The molecule has 0 unspecified atom stereocenters. The Morgan fingerprint density at radius 1 is 0.650 bits per heavy atom. The number of aliphatic imine (C=N–C) groups is 1. The van der Waals surface area contributed by atoms with Crippen LogP contribution in [0.3, 0.4) is 0 Å². The van der Waals surface area contributed by atoms with Gasteiger partial charge in [0.25, 0.3) is 0 Å². The van der Waals surface area contributed by atoms with Gasteiger partial charge in [0.1, 0.15) is 0 Å². The molecule has 0 spiro atoms. The Morgan fingerprint density at radius 3 is 1.45 bits per heavy atom. The Balaban J connectivity index is -0.000000583. The summed E-state index contributed by atoms with van der Waals surface area (Å²) in [5.41, 5.74) is 7.54. The summed E-state index contributed by atoms with van der Waals surface area (Å²) >= 11 is 0. The van der Waals surface area contributed by atoms with Crippen molar-refractivity contribution in [2.45, 2.75) is 143 Å². The van der Waals surface area contributed by atoms with Crippen molar-refractivity contribution in [3.63, 3.8) is 0 Å². The molecule has 0 radical (unpaired) electrons. The molecule has 0 aromatic heterocycles. The van der Waals surface area contributed by atoms with E-state index in [0.717, 1.165) is 12.1 Å². The second kappa shape index (κ2) is 16.7. The summed E-state index contributed by atoms with van der Waals surface area (Å²) in [6, 6.07) is 14.8. The minimum atomic E-state index is -0.358. The first kappa shape index (κ1) is 42.1. The molecule has 0 fully saturated rings. The van der Waals surface area contributed by atoms with Gasteiger partial charge < -0.3 is 5.32 Å². The molecule has 1 heterocycles. The van der Waals surface area contributed by atoms with Gasteiger partial charge in [-0.3, -0.25) is 9.79 Å². The molecule has 3 rings (SSSR count). The predicted molar refractivity (Wildman–Crippen MR) is 185 cm³/mol. The van der Waals surface area contributed by atoms with Gasteiger partial charge >= 0.3 is 0 Å². The lowest BCUT2D eigenvalue weighted by atomic mass is 9.85. The molecule has 1 aliphatic rings. The third kappa shape index (κ3) is 13.3. The van der Waals surface area contributed by atoms with Crippen LogP contribution in [0.25, 0.3) is 0 Å². The van der Waals surface area contributed by atoms with E-state index in [4.69, 9.17) is 4.99 Å². The molecule has 2 aromatic carbocycles. The quantitative estimate of drug-likeness (QED) is 0.374. The third-order valence-corrected chi connectivity index (χ3v) is 6.12. The molecule has 1 amide bonds. The Morgan fingerprint density at radius 2 is 1.07 bits per heavy atom. The number of anilines is 1. The highest BCUT2D eigenvalue weighted by atomic mass is 16.2. The van der Waals surface area contributed by atoms with Crippen LogP contribution in [0.15, 0.2) is 47.5 Å². The van der Waals surface area contributed by atoms with Crippen molar-refractivity contribution in [1.82, 2.24) is 0 Å². The standard InChI is InChI=1S/C16H23N.C15H23NO.2C2H6.2CH4/c1-15(2,3)12-8-7-11-9-14(16(4,5)6)17-13(11)10-12;1-14(2,3)11-7-9-12(10-8-11)16-13(17)15(4,5)6;2*1-2;;/h7-8,10H,9H2,1-6H3;7-10H,1-6H3,(H,16,17);2*1-2H3;2*1H4. The van der Waals surface area contributed by atoms with Gasteiger partial charge in [-0.1, -0.05) is 150 Å². The third-order valence-electron chi connectivity index (χ3n) is 6.12. The Bertz CT molecular complexity index is 1030. The number of nitrogens with one attached hydrogen (secondary N) is 1. The molecule has 40 heavy (non-hydrogen) atoms. The molecule has 0 saturated heterocycles. The first-order chi connectivity index (χ1) is 17.3. The van der Waals surface area contributed by atoms with E-state index in [0.29, 0.717) is 0 Å². The lowest BCUT2D eigenvalue weighted by molar-refractivity contribution is -0.123. The van der Waals surface area contributed by atoms with Crippen molar-refractivity contribution >= 4 is 23.0 Å². The monoisotopic (exact) mass is 555 g/mol. The van der Waals surface area contributed by atoms with Gasteiger partial charge in [-0.15, -0.1) is 0 Å². The molecular formula is C37H66N2O. The second-order valence-electron chi connectivity index (χ2n) is 13.6. The summed E-state index contributed by atoms with van der Waals surface area (Å²) in [6.07, 6.45) is 1.02. The van der Waals surface area contributed by atoms with Crippen LogP contribution >= 0.6 is 0 Å². The Labute approximate surface area is 250 Å². The van der Waals surface area contributed by atoms with Crippen molar-refractivity contribution in [3.05, 3.63) is 59.2 Å². The molecule has 3 heteroatoms. The predicted octanol–water partition coefficient (Wildman–Crippen LogP) is 12.0. The topological polar surface area (TPSA) is 41.5 Å². The molecule has 0 bridgehead atoms. The van der Waals surface area contributed by atoms with E-state index >= 15 is 0 Å². The van der Waals surface area contributed by atoms with Crippen molar-refractivity contribution in [2.75, 3.05) is 5.32 Å². The zero-order valence-corrected chi connectivity index (χ0v) is 27.6. The SMILES string of the molecule is C.C.CC.CC.CC(C)(C)C(=O)Nc1ccc(C(C)(C)C)cc1.CC(C)(C)C1=Nc2cc(C(C)(C)C)ccc2C1. The van der Waals surface area contributed by atoms with Gasteiger partial charge in [0.05, 0.1) is 5.69 Å².